The minimum absolute atomic E-state index is 0.0542. The molecule has 4 saturated carbocycles. The Bertz CT molecular complexity index is 903. The molecule has 4 aliphatic carbocycles. The number of rotatable bonds is 7. The van der Waals surface area contributed by atoms with Gasteiger partial charge in [0.05, 0.1) is 18.6 Å². The molecular weight excluding hydrogens is 382 g/mol. The van der Waals surface area contributed by atoms with Crippen LogP contribution in [0.4, 0.5) is 6.01 Å². The minimum Gasteiger partial charge on any atom is -0.490 e. The summed E-state index contributed by atoms with van der Waals surface area (Å²) in [5, 5.41) is 11.1. The summed E-state index contributed by atoms with van der Waals surface area (Å²) in [4.78, 5) is 13.2. The molecule has 0 atom stereocenters. The zero-order valence-corrected chi connectivity index (χ0v) is 17.6. The second-order valence-corrected chi connectivity index (χ2v) is 9.09. The van der Waals surface area contributed by atoms with Crippen molar-refractivity contribution >= 4 is 11.9 Å². The fraction of sp³-hybridized carbons (Fsp3) is 0.609. The Morgan fingerprint density at radius 3 is 2.30 bits per heavy atom. The largest absolute Gasteiger partial charge is 0.490 e. The van der Waals surface area contributed by atoms with Crippen molar-refractivity contribution in [3.8, 4) is 23.0 Å². The second kappa shape index (κ2) is 7.60. The van der Waals surface area contributed by atoms with E-state index in [1.54, 1.807) is 0 Å². The Morgan fingerprint density at radius 1 is 1.03 bits per heavy atom. The van der Waals surface area contributed by atoms with E-state index in [2.05, 4.69) is 15.5 Å². The average Bonchev–Trinajstić information content (AvgIpc) is 3.17. The van der Waals surface area contributed by atoms with E-state index in [9.17, 15) is 4.79 Å². The van der Waals surface area contributed by atoms with Gasteiger partial charge in [0.1, 0.15) is 0 Å². The van der Waals surface area contributed by atoms with Gasteiger partial charge in [-0.3, -0.25) is 10.1 Å². The summed E-state index contributed by atoms with van der Waals surface area (Å²) in [6, 6.07) is 5.68. The highest BCUT2D eigenvalue weighted by atomic mass is 16.5. The summed E-state index contributed by atoms with van der Waals surface area (Å²) in [5.74, 6) is 3.84. The average molecular weight is 412 g/mol. The normalized spacial score (nSPS) is 29.1. The highest BCUT2D eigenvalue weighted by Crippen LogP contribution is 2.60. The topological polar surface area (TPSA) is 86.5 Å². The number of nitrogens with zero attached hydrogens (tertiary/aromatic N) is 2. The van der Waals surface area contributed by atoms with Crippen molar-refractivity contribution in [2.75, 3.05) is 18.5 Å². The van der Waals surface area contributed by atoms with Gasteiger partial charge in [0.25, 0.3) is 0 Å². The third-order valence-electron chi connectivity index (χ3n) is 6.96. The van der Waals surface area contributed by atoms with Crippen molar-refractivity contribution in [2.24, 2.45) is 23.2 Å². The lowest BCUT2D eigenvalue weighted by molar-refractivity contribution is -0.140. The number of carbonyl (C=O) groups is 1. The molecule has 0 unspecified atom stereocenters. The van der Waals surface area contributed by atoms with Crippen molar-refractivity contribution in [2.45, 2.75) is 52.4 Å². The number of ether oxygens (including phenoxy) is 2. The van der Waals surface area contributed by atoms with Gasteiger partial charge in [-0.2, -0.15) is 0 Å². The SMILES string of the molecule is CCOc1ccc(-c2nnc(NC(=O)C34CC5CC(CC(C5)C3)C4)o2)cc1OCC. The first-order chi connectivity index (χ1) is 14.6. The lowest BCUT2D eigenvalue weighted by Crippen LogP contribution is -2.51. The summed E-state index contributed by atoms with van der Waals surface area (Å²) >= 11 is 0. The maximum atomic E-state index is 13.2. The van der Waals surface area contributed by atoms with Crippen molar-refractivity contribution < 1.29 is 18.7 Å². The Labute approximate surface area is 176 Å². The van der Waals surface area contributed by atoms with Gasteiger partial charge in [0.15, 0.2) is 11.5 Å². The molecule has 7 nitrogen and oxygen atoms in total. The van der Waals surface area contributed by atoms with Crippen LogP contribution < -0.4 is 14.8 Å². The standard InChI is InChI=1S/C23H29N3O4/c1-3-28-18-6-5-17(10-19(18)29-4-2)20-25-26-22(30-20)24-21(27)23-11-14-7-15(12-23)9-16(8-14)13-23/h5-6,10,14-16H,3-4,7-9,11-13H2,1-2H3,(H,24,26,27). The van der Waals surface area contributed by atoms with Crippen LogP contribution in [0, 0.1) is 23.2 Å². The van der Waals surface area contributed by atoms with Crippen molar-refractivity contribution in [3.63, 3.8) is 0 Å². The van der Waals surface area contributed by atoms with E-state index in [0.29, 0.717) is 48.4 Å². The van der Waals surface area contributed by atoms with Gasteiger partial charge in [-0.05, 0) is 88.3 Å². The molecule has 1 heterocycles. The van der Waals surface area contributed by atoms with Crippen LogP contribution in [0.15, 0.2) is 22.6 Å². The third-order valence-corrected chi connectivity index (χ3v) is 6.96. The van der Waals surface area contributed by atoms with E-state index in [1.807, 2.05) is 32.0 Å². The number of nitrogens with one attached hydrogen (secondary N) is 1. The summed E-state index contributed by atoms with van der Waals surface area (Å²) < 4.78 is 17.1. The molecule has 4 bridgehead atoms. The highest BCUT2D eigenvalue weighted by Gasteiger charge is 2.54. The number of hydrogen-bond donors (Lipinski definition) is 1. The smallest absolute Gasteiger partial charge is 0.322 e. The van der Waals surface area contributed by atoms with E-state index in [0.717, 1.165) is 24.8 Å². The maximum Gasteiger partial charge on any atom is 0.322 e. The maximum absolute atomic E-state index is 13.2. The van der Waals surface area contributed by atoms with Crippen molar-refractivity contribution in [3.05, 3.63) is 18.2 Å². The van der Waals surface area contributed by atoms with Gasteiger partial charge < -0.3 is 13.9 Å². The van der Waals surface area contributed by atoms with Crippen LogP contribution in [-0.2, 0) is 4.79 Å². The van der Waals surface area contributed by atoms with Crippen LogP contribution in [0.1, 0.15) is 52.4 Å². The quantitative estimate of drug-likeness (QED) is 0.711. The van der Waals surface area contributed by atoms with Crippen LogP contribution in [-0.4, -0.2) is 29.3 Å². The molecular formula is C23H29N3O4. The molecule has 4 aliphatic rings. The molecule has 1 N–H and O–H groups in total. The van der Waals surface area contributed by atoms with E-state index < -0.39 is 0 Å². The van der Waals surface area contributed by atoms with Crippen molar-refractivity contribution in [1.29, 1.82) is 0 Å². The molecule has 1 aromatic carbocycles. The lowest BCUT2D eigenvalue weighted by Gasteiger charge is -2.55. The molecule has 0 saturated heterocycles. The third kappa shape index (κ3) is 3.44. The Balaban J connectivity index is 1.32. The molecule has 0 spiro atoms. The van der Waals surface area contributed by atoms with Gasteiger partial charge in [-0.15, -0.1) is 5.10 Å². The van der Waals surface area contributed by atoms with Crippen LogP contribution >= 0.6 is 0 Å². The Kier molecular flexibility index (Phi) is 4.91. The first kappa shape index (κ1) is 19.4. The van der Waals surface area contributed by atoms with E-state index in [4.69, 9.17) is 13.9 Å². The zero-order chi connectivity index (χ0) is 20.7. The number of aromatic nitrogens is 2. The van der Waals surface area contributed by atoms with E-state index >= 15 is 0 Å². The number of amides is 1. The molecule has 7 heteroatoms. The van der Waals surface area contributed by atoms with Gasteiger partial charge >= 0.3 is 6.01 Å². The van der Waals surface area contributed by atoms with Gasteiger partial charge in [0.2, 0.25) is 11.8 Å². The lowest BCUT2D eigenvalue weighted by atomic mass is 9.49. The van der Waals surface area contributed by atoms with E-state index in [1.165, 1.54) is 19.3 Å². The van der Waals surface area contributed by atoms with Crippen LogP contribution in [0.3, 0.4) is 0 Å². The van der Waals surface area contributed by atoms with E-state index in [-0.39, 0.29) is 17.3 Å². The van der Waals surface area contributed by atoms with Gasteiger partial charge in [-0.25, -0.2) is 0 Å². The first-order valence-electron chi connectivity index (χ1n) is 11.1. The molecule has 1 amide bonds. The van der Waals surface area contributed by atoms with Crippen LogP contribution in [0.5, 0.6) is 11.5 Å². The van der Waals surface area contributed by atoms with Crippen LogP contribution in [0.2, 0.25) is 0 Å². The molecule has 0 aliphatic heterocycles. The molecule has 4 fully saturated rings. The molecule has 1 aromatic heterocycles. The monoisotopic (exact) mass is 411 g/mol. The Hall–Kier alpha value is -2.57. The second-order valence-electron chi connectivity index (χ2n) is 9.09. The summed E-state index contributed by atoms with van der Waals surface area (Å²) in [6.45, 7) is 4.94. The predicted octanol–water partition coefficient (Wildman–Crippen LogP) is 4.69. The van der Waals surface area contributed by atoms with Gasteiger partial charge in [-0.1, -0.05) is 5.10 Å². The fourth-order valence-corrected chi connectivity index (χ4v) is 6.19. The number of hydrogen-bond acceptors (Lipinski definition) is 6. The highest BCUT2D eigenvalue weighted by molar-refractivity contribution is 5.94. The number of carbonyl (C=O) groups excluding carboxylic acids is 1. The molecule has 0 radical (unpaired) electrons. The summed E-state index contributed by atoms with van der Waals surface area (Å²) in [6.07, 6.45) is 6.92. The summed E-state index contributed by atoms with van der Waals surface area (Å²) in [7, 11) is 0. The molecule has 160 valence electrons. The van der Waals surface area contributed by atoms with Gasteiger partial charge in [0, 0.05) is 5.56 Å². The number of benzene rings is 1. The van der Waals surface area contributed by atoms with Crippen LogP contribution in [0.25, 0.3) is 11.5 Å². The molecule has 2 aromatic rings. The minimum atomic E-state index is -0.245. The fourth-order valence-electron chi connectivity index (χ4n) is 6.19. The number of anilines is 1. The Morgan fingerprint density at radius 2 is 1.67 bits per heavy atom. The molecule has 30 heavy (non-hydrogen) atoms. The summed E-state index contributed by atoms with van der Waals surface area (Å²) in [5.41, 5.74) is 0.481. The zero-order valence-electron chi connectivity index (χ0n) is 17.6. The first-order valence-corrected chi connectivity index (χ1v) is 11.1. The predicted molar refractivity (Wildman–Crippen MR) is 111 cm³/mol. The van der Waals surface area contributed by atoms with Crippen molar-refractivity contribution in [1.82, 2.24) is 10.2 Å². The molecule has 6 rings (SSSR count).